The lowest BCUT2D eigenvalue weighted by Crippen LogP contribution is -2.30. The van der Waals surface area contributed by atoms with E-state index in [9.17, 15) is 13.2 Å². The van der Waals surface area contributed by atoms with E-state index in [1.165, 1.54) is 24.3 Å². The number of carbonyl (C=O) groups is 1. The number of nitrogens with one attached hydrogen (secondary N) is 3. The van der Waals surface area contributed by atoms with Gasteiger partial charge in [-0.3, -0.25) is 14.5 Å². The van der Waals surface area contributed by atoms with Crippen molar-refractivity contribution in [3.8, 4) is 5.75 Å². The van der Waals surface area contributed by atoms with Crippen molar-refractivity contribution in [3.05, 3.63) is 89.1 Å². The zero-order chi connectivity index (χ0) is 27.1. The van der Waals surface area contributed by atoms with Gasteiger partial charge in [-0.05, 0) is 92.1 Å². The lowest BCUT2D eigenvalue weighted by atomic mass is 10.1. The van der Waals surface area contributed by atoms with Gasteiger partial charge < -0.3 is 15.4 Å². The number of amides is 1. The van der Waals surface area contributed by atoms with E-state index in [2.05, 4.69) is 20.3 Å². The summed E-state index contributed by atoms with van der Waals surface area (Å²) in [4.78, 5) is 16.6. The number of pyridine rings is 1. The topological polar surface area (TPSA) is 109 Å². The first-order valence-electron chi connectivity index (χ1n) is 12.1. The van der Waals surface area contributed by atoms with E-state index in [-0.39, 0.29) is 17.4 Å². The number of carbonyl (C=O) groups excluding carboxylic acids is 1. The van der Waals surface area contributed by atoms with Gasteiger partial charge >= 0.3 is 0 Å². The van der Waals surface area contributed by atoms with Crippen LogP contribution < -0.4 is 20.1 Å². The summed E-state index contributed by atoms with van der Waals surface area (Å²) in [5.74, 6) is 0.138. The Morgan fingerprint density at radius 3 is 2.42 bits per heavy atom. The summed E-state index contributed by atoms with van der Waals surface area (Å²) in [6.07, 6.45) is 2.44. The van der Waals surface area contributed by atoms with Crippen molar-refractivity contribution in [2.45, 2.75) is 25.2 Å². The van der Waals surface area contributed by atoms with Crippen LogP contribution in [0.3, 0.4) is 0 Å². The normalized spacial score (nSPS) is 11.2. The fourth-order valence-electron chi connectivity index (χ4n) is 3.98. The monoisotopic (exact) mass is 552 g/mol. The smallest absolute Gasteiger partial charge is 0.261 e. The van der Waals surface area contributed by atoms with Crippen molar-refractivity contribution in [2.75, 3.05) is 29.7 Å². The molecule has 1 heterocycles. The molecule has 10 heteroatoms. The number of halogens is 1. The maximum absolute atomic E-state index is 12.7. The van der Waals surface area contributed by atoms with Crippen molar-refractivity contribution in [2.24, 2.45) is 0 Å². The summed E-state index contributed by atoms with van der Waals surface area (Å²) in [6, 6.07) is 18.9. The number of rotatable bonds is 11. The van der Waals surface area contributed by atoms with Gasteiger partial charge in [0.25, 0.3) is 15.9 Å². The van der Waals surface area contributed by atoms with E-state index in [0.29, 0.717) is 36.0 Å². The van der Waals surface area contributed by atoms with E-state index in [4.69, 9.17) is 16.3 Å². The molecule has 0 aliphatic rings. The van der Waals surface area contributed by atoms with Crippen LogP contribution in [0.5, 0.6) is 5.75 Å². The average Bonchev–Trinajstić information content (AvgIpc) is 2.86. The zero-order valence-electron chi connectivity index (χ0n) is 21.1. The molecule has 38 heavy (non-hydrogen) atoms. The molecule has 0 aliphatic heterocycles. The molecule has 0 aliphatic carbocycles. The van der Waals surface area contributed by atoms with Crippen LogP contribution in [0.4, 0.5) is 11.4 Å². The third-order valence-electron chi connectivity index (χ3n) is 5.67. The van der Waals surface area contributed by atoms with Crippen molar-refractivity contribution in [1.29, 1.82) is 0 Å². The first kappa shape index (κ1) is 27.2. The number of anilines is 2. The number of hydrogen-bond acceptors (Lipinski definition) is 6. The standard InChI is InChI=1S/C28H29ClN4O4S/c1-19-14-20(2)16-22(15-19)33-38(35,36)24-7-5-23(6-8-24)37-18-28(34)32-12-3-11-30-26-10-13-31-27-17-21(29)4-9-25(26)27/h4-10,13-17,33H,3,11-12,18H2,1-2H3,(H,30,31)(H,32,34). The van der Waals surface area contributed by atoms with Crippen LogP contribution in [0.15, 0.2) is 77.8 Å². The minimum Gasteiger partial charge on any atom is -0.484 e. The van der Waals surface area contributed by atoms with Gasteiger partial charge in [-0.25, -0.2) is 8.42 Å². The van der Waals surface area contributed by atoms with Crippen LogP contribution in [-0.2, 0) is 14.8 Å². The molecular formula is C28H29ClN4O4S. The second kappa shape index (κ2) is 12.1. The Morgan fingerprint density at radius 1 is 0.947 bits per heavy atom. The van der Waals surface area contributed by atoms with Gasteiger partial charge in [-0.2, -0.15) is 0 Å². The van der Waals surface area contributed by atoms with Crippen molar-refractivity contribution in [1.82, 2.24) is 10.3 Å². The van der Waals surface area contributed by atoms with Crippen molar-refractivity contribution < 1.29 is 17.9 Å². The number of aromatic nitrogens is 1. The van der Waals surface area contributed by atoms with Crippen molar-refractivity contribution in [3.63, 3.8) is 0 Å². The highest BCUT2D eigenvalue weighted by Gasteiger charge is 2.15. The molecule has 0 spiro atoms. The van der Waals surface area contributed by atoms with Crippen molar-refractivity contribution >= 4 is 49.8 Å². The number of nitrogens with zero attached hydrogens (tertiary/aromatic N) is 1. The van der Waals surface area contributed by atoms with Crippen LogP contribution >= 0.6 is 11.6 Å². The molecule has 1 aromatic heterocycles. The molecule has 3 N–H and O–H groups in total. The summed E-state index contributed by atoms with van der Waals surface area (Å²) < 4.78 is 33.5. The Bertz CT molecular complexity index is 1520. The Hall–Kier alpha value is -3.82. The number of sulfonamides is 1. The van der Waals surface area contributed by atoms with Crippen LogP contribution in [0.2, 0.25) is 5.02 Å². The summed E-state index contributed by atoms with van der Waals surface area (Å²) in [5, 5.41) is 7.79. The van der Waals surface area contributed by atoms with Gasteiger partial charge in [0.05, 0.1) is 10.4 Å². The van der Waals surface area contributed by atoms with E-state index in [1.807, 2.05) is 44.2 Å². The van der Waals surface area contributed by atoms with Crippen LogP contribution in [-0.4, -0.2) is 39.0 Å². The molecule has 0 bridgehead atoms. The summed E-state index contributed by atoms with van der Waals surface area (Å²) >= 11 is 6.03. The number of ether oxygens (including phenoxy) is 1. The van der Waals surface area contributed by atoms with Gasteiger partial charge in [0, 0.05) is 41.1 Å². The van der Waals surface area contributed by atoms with Gasteiger partial charge in [-0.15, -0.1) is 0 Å². The van der Waals surface area contributed by atoms with Gasteiger partial charge in [-0.1, -0.05) is 17.7 Å². The van der Waals surface area contributed by atoms with E-state index in [1.54, 1.807) is 18.3 Å². The minimum absolute atomic E-state index is 0.103. The Kier molecular flexibility index (Phi) is 8.70. The maximum Gasteiger partial charge on any atom is 0.261 e. The van der Waals surface area contributed by atoms with Gasteiger partial charge in [0.2, 0.25) is 0 Å². The lowest BCUT2D eigenvalue weighted by molar-refractivity contribution is -0.123. The molecule has 8 nitrogen and oxygen atoms in total. The van der Waals surface area contributed by atoms with Gasteiger partial charge in [0.15, 0.2) is 6.61 Å². The highest BCUT2D eigenvalue weighted by Crippen LogP contribution is 2.24. The fourth-order valence-corrected chi connectivity index (χ4v) is 5.18. The predicted octanol–water partition coefficient (Wildman–Crippen LogP) is 5.30. The average molecular weight is 553 g/mol. The second-order valence-corrected chi connectivity index (χ2v) is 11.0. The first-order chi connectivity index (χ1) is 18.2. The SMILES string of the molecule is Cc1cc(C)cc(NS(=O)(=O)c2ccc(OCC(=O)NCCCNc3ccnc4cc(Cl)ccc34)cc2)c1. The minimum atomic E-state index is -3.75. The lowest BCUT2D eigenvalue weighted by Gasteiger charge is -2.11. The quantitative estimate of drug-likeness (QED) is 0.218. The number of aryl methyl sites for hydroxylation is 2. The molecule has 198 valence electrons. The summed E-state index contributed by atoms with van der Waals surface area (Å²) in [6.45, 7) is 4.78. The summed E-state index contributed by atoms with van der Waals surface area (Å²) in [7, 11) is -3.75. The third-order valence-corrected chi connectivity index (χ3v) is 7.31. The predicted molar refractivity (Wildman–Crippen MR) is 152 cm³/mol. The van der Waals surface area contributed by atoms with Gasteiger partial charge in [0.1, 0.15) is 5.75 Å². The number of benzene rings is 3. The number of fused-ring (bicyclic) bond motifs is 1. The molecule has 0 unspecified atom stereocenters. The first-order valence-corrected chi connectivity index (χ1v) is 13.9. The molecule has 0 fully saturated rings. The second-order valence-electron chi connectivity index (χ2n) is 8.89. The molecule has 3 aromatic carbocycles. The molecule has 4 aromatic rings. The maximum atomic E-state index is 12.7. The van der Waals surface area contributed by atoms with E-state index < -0.39 is 10.0 Å². The Morgan fingerprint density at radius 2 is 1.68 bits per heavy atom. The van der Waals surface area contributed by atoms with Crippen LogP contribution in [0, 0.1) is 13.8 Å². The molecule has 0 saturated carbocycles. The molecule has 0 atom stereocenters. The molecular weight excluding hydrogens is 524 g/mol. The largest absolute Gasteiger partial charge is 0.484 e. The Labute approximate surface area is 227 Å². The number of hydrogen-bond donors (Lipinski definition) is 3. The third kappa shape index (κ3) is 7.36. The zero-order valence-corrected chi connectivity index (χ0v) is 22.7. The highest BCUT2D eigenvalue weighted by molar-refractivity contribution is 7.92. The highest BCUT2D eigenvalue weighted by atomic mass is 35.5. The van der Waals surface area contributed by atoms with E-state index in [0.717, 1.165) is 27.7 Å². The summed E-state index contributed by atoms with van der Waals surface area (Å²) in [5.41, 5.74) is 4.21. The fraction of sp³-hybridized carbons (Fsp3) is 0.214. The van der Waals surface area contributed by atoms with Crippen LogP contribution in [0.25, 0.3) is 10.9 Å². The molecule has 1 amide bonds. The Balaban J connectivity index is 1.20. The van der Waals surface area contributed by atoms with Crippen LogP contribution in [0.1, 0.15) is 17.5 Å². The molecule has 4 rings (SSSR count). The molecule has 0 saturated heterocycles. The molecule has 0 radical (unpaired) electrons. The van der Waals surface area contributed by atoms with E-state index >= 15 is 0 Å².